The molecule has 1 saturated heterocycles. The summed E-state index contributed by atoms with van der Waals surface area (Å²) in [6.45, 7) is 3.28. The molecule has 9 heteroatoms. The van der Waals surface area contributed by atoms with Crippen molar-refractivity contribution in [3.8, 4) is 0 Å². The first-order valence-corrected chi connectivity index (χ1v) is 7.70. The summed E-state index contributed by atoms with van der Waals surface area (Å²) in [6.07, 6.45) is 0.648. The van der Waals surface area contributed by atoms with E-state index in [0.717, 1.165) is 10.4 Å². The standard InChI is InChI=1S/C13H16N4O4S/c1-2-3-22-12-7-4-16-17(11(7)14-6-15-12)13-10(20)9(19)8(5-18)21-13/h2,4,6,8-10,13,18-20H,1,3,5H2/t8-,9-,10-,13?/m1/s1. The summed E-state index contributed by atoms with van der Waals surface area (Å²) in [5, 5.41) is 34.8. The number of fused-ring (bicyclic) bond motifs is 1. The van der Waals surface area contributed by atoms with Crippen LogP contribution in [0.5, 0.6) is 0 Å². The van der Waals surface area contributed by atoms with Gasteiger partial charge in [-0.15, -0.1) is 18.3 Å². The molecule has 1 fully saturated rings. The molecule has 1 unspecified atom stereocenters. The summed E-state index contributed by atoms with van der Waals surface area (Å²) in [5.74, 6) is 0.700. The predicted molar refractivity (Wildman–Crippen MR) is 79.3 cm³/mol. The maximum Gasteiger partial charge on any atom is 0.181 e. The molecular formula is C13H16N4O4S. The van der Waals surface area contributed by atoms with Gasteiger partial charge >= 0.3 is 0 Å². The van der Waals surface area contributed by atoms with E-state index in [-0.39, 0.29) is 6.61 Å². The lowest BCUT2D eigenvalue weighted by Crippen LogP contribution is -2.33. The van der Waals surface area contributed by atoms with Gasteiger partial charge in [-0.1, -0.05) is 6.08 Å². The lowest BCUT2D eigenvalue weighted by atomic mass is 10.1. The maximum atomic E-state index is 10.1. The van der Waals surface area contributed by atoms with Crippen LogP contribution in [0.4, 0.5) is 0 Å². The number of hydrogen-bond donors (Lipinski definition) is 3. The first kappa shape index (κ1) is 15.4. The van der Waals surface area contributed by atoms with Crippen molar-refractivity contribution in [1.29, 1.82) is 0 Å². The Labute approximate surface area is 130 Å². The van der Waals surface area contributed by atoms with Crippen molar-refractivity contribution in [2.45, 2.75) is 29.6 Å². The van der Waals surface area contributed by atoms with E-state index in [2.05, 4.69) is 21.6 Å². The second-order valence-electron chi connectivity index (χ2n) is 4.83. The number of aromatic nitrogens is 4. The van der Waals surface area contributed by atoms with Crippen molar-refractivity contribution in [3.05, 3.63) is 25.2 Å². The number of nitrogens with zero attached hydrogens (tertiary/aromatic N) is 4. The van der Waals surface area contributed by atoms with E-state index < -0.39 is 24.5 Å². The molecule has 1 aliphatic rings. The van der Waals surface area contributed by atoms with Gasteiger partial charge in [-0.3, -0.25) is 0 Å². The Kier molecular flexibility index (Phi) is 4.41. The Balaban J connectivity index is 1.97. The van der Waals surface area contributed by atoms with E-state index in [0.29, 0.717) is 11.4 Å². The Hall–Kier alpha value is -1.52. The van der Waals surface area contributed by atoms with E-state index in [9.17, 15) is 10.2 Å². The van der Waals surface area contributed by atoms with E-state index in [1.54, 1.807) is 12.3 Å². The average molecular weight is 324 g/mol. The SMILES string of the molecule is C=CCSc1ncnc2c1cnn2C1O[C@H](CO)[C@@H](O)[C@H]1O. The zero-order valence-corrected chi connectivity index (χ0v) is 12.4. The van der Waals surface area contributed by atoms with Crippen LogP contribution >= 0.6 is 11.8 Å². The van der Waals surface area contributed by atoms with Crippen LogP contribution in [-0.2, 0) is 4.74 Å². The fourth-order valence-corrected chi connectivity index (χ4v) is 3.06. The van der Waals surface area contributed by atoms with Gasteiger partial charge in [-0.2, -0.15) is 5.10 Å². The molecule has 0 aliphatic carbocycles. The van der Waals surface area contributed by atoms with Crippen molar-refractivity contribution in [2.24, 2.45) is 0 Å². The Morgan fingerprint density at radius 2 is 2.18 bits per heavy atom. The summed E-state index contributed by atoms with van der Waals surface area (Å²) in [6, 6.07) is 0. The average Bonchev–Trinajstić information content (AvgIpc) is 3.08. The highest BCUT2D eigenvalue weighted by Crippen LogP contribution is 2.32. The normalized spacial score (nSPS) is 28.3. The second kappa shape index (κ2) is 6.31. The van der Waals surface area contributed by atoms with Gasteiger partial charge in [0.15, 0.2) is 11.9 Å². The van der Waals surface area contributed by atoms with Crippen LogP contribution < -0.4 is 0 Å². The fourth-order valence-electron chi connectivity index (χ4n) is 2.36. The molecule has 3 rings (SSSR count). The summed E-state index contributed by atoms with van der Waals surface area (Å²) >= 11 is 1.50. The van der Waals surface area contributed by atoms with Gasteiger partial charge < -0.3 is 20.1 Å². The number of aliphatic hydroxyl groups is 3. The van der Waals surface area contributed by atoms with Crippen LogP contribution in [0, 0.1) is 0 Å². The largest absolute Gasteiger partial charge is 0.394 e. The zero-order chi connectivity index (χ0) is 15.7. The minimum absolute atomic E-state index is 0.386. The van der Waals surface area contributed by atoms with Gasteiger partial charge in [0.2, 0.25) is 0 Å². The van der Waals surface area contributed by atoms with Gasteiger partial charge in [-0.05, 0) is 0 Å². The van der Waals surface area contributed by atoms with Crippen molar-refractivity contribution in [3.63, 3.8) is 0 Å². The molecule has 2 aromatic rings. The fraction of sp³-hybridized carbons (Fsp3) is 0.462. The van der Waals surface area contributed by atoms with Gasteiger partial charge in [-0.25, -0.2) is 14.6 Å². The molecule has 8 nitrogen and oxygen atoms in total. The lowest BCUT2D eigenvalue weighted by Gasteiger charge is -2.15. The van der Waals surface area contributed by atoms with E-state index in [4.69, 9.17) is 9.84 Å². The van der Waals surface area contributed by atoms with Crippen LogP contribution in [0.25, 0.3) is 11.0 Å². The van der Waals surface area contributed by atoms with Crippen LogP contribution in [0.2, 0.25) is 0 Å². The highest BCUT2D eigenvalue weighted by Gasteiger charge is 2.44. The topological polar surface area (TPSA) is 114 Å². The van der Waals surface area contributed by atoms with Crippen LogP contribution in [-0.4, -0.2) is 65.7 Å². The smallest absolute Gasteiger partial charge is 0.181 e. The minimum atomic E-state index is -1.19. The van der Waals surface area contributed by atoms with Crippen molar-refractivity contribution in [1.82, 2.24) is 19.7 Å². The third kappa shape index (κ3) is 2.50. The van der Waals surface area contributed by atoms with Crippen molar-refractivity contribution in [2.75, 3.05) is 12.4 Å². The van der Waals surface area contributed by atoms with Crippen LogP contribution in [0.3, 0.4) is 0 Å². The van der Waals surface area contributed by atoms with Gasteiger partial charge in [0, 0.05) is 5.75 Å². The maximum absolute atomic E-state index is 10.1. The molecule has 22 heavy (non-hydrogen) atoms. The Morgan fingerprint density at radius 1 is 1.36 bits per heavy atom. The summed E-state index contributed by atoms with van der Waals surface area (Å²) in [5.41, 5.74) is 0.497. The lowest BCUT2D eigenvalue weighted by molar-refractivity contribution is -0.0566. The van der Waals surface area contributed by atoms with Crippen molar-refractivity contribution < 1.29 is 20.1 Å². The van der Waals surface area contributed by atoms with Gasteiger partial charge in [0.25, 0.3) is 0 Å². The highest BCUT2D eigenvalue weighted by atomic mass is 32.2. The molecule has 0 radical (unpaired) electrons. The number of aliphatic hydroxyl groups excluding tert-OH is 3. The highest BCUT2D eigenvalue weighted by molar-refractivity contribution is 7.99. The summed E-state index contributed by atoms with van der Waals surface area (Å²) < 4.78 is 6.88. The van der Waals surface area contributed by atoms with E-state index in [1.807, 2.05) is 0 Å². The number of ether oxygens (including phenoxy) is 1. The monoisotopic (exact) mass is 324 g/mol. The second-order valence-corrected chi connectivity index (χ2v) is 5.84. The number of thioether (sulfide) groups is 1. The molecule has 3 N–H and O–H groups in total. The molecule has 118 valence electrons. The Bertz CT molecular complexity index is 679. The molecule has 2 aromatic heterocycles. The first-order chi connectivity index (χ1) is 10.7. The summed E-state index contributed by atoms with van der Waals surface area (Å²) in [7, 11) is 0. The molecule has 0 bridgehead atoms. The molecule has 4 atom stereocenters. The van der Waals surface area contributed by atoms with Gasteiger partial charge in [0.05, 0.1) is 18.2 Å². The molecule has 0 amide bonds. The minimum Gasteiger partial charge on any atom is -0.394 e. The first-order valence-electron chi connectivity index (χ1n) is 6.71. The third-order valence-corrected chi connectivity index (χ3v) is 4.45. The predicted octanol–water partition coefficient (Wildman–Crippen LogP) is -0.284. The third-order valence-electron chi connectivity index (χ3n) is 3.45. The number of rotatable bonds is 5. The van der Waals surface area contributed by atoms with Crippen molar-refractivity contribution >= 4 is 22.8 Å². The van der Waals surface area contributed by atoms with E-state index >= 15 is 0 Å². The molecular weight excluding hydrogens is 308 g/mol. The molecule has 1 aliphatic heterocycles. The quantitative estimate of drug-likeness (QED) is 0.391. The molecule has 0 saturated carbocycles. The summed E-state index contributed by atoms with van der Waals surface area (Å²) in [4.78, 5) is 8.39. The van der Waals surface area contributed by atoms with Crippen LogP contribution in [0.15, 0.2) is 30.2 Å². The zero-order valence-electron chi connectivity index (χ0n) is 11.6. The van der Waals surface area contributed by atoms with Crippen LogP contribution in [0.1, 0.15) is 6.23 Å². The number of hydrogen-bond acceptors (Lipinski definition) is 8. The van der Waals surface area contributed by atoms with Gasteiger partial charge in [0.1, 0.15) is 29.7 Å². The molecule has 0 spiro atoms. The molecule has 3 heterocycles. The van der Waals surface area contributed by atoms with E-state index in [1.165, 1.54) is 22.8 Å². The molecule has 0 aromatic carbocycles. The Morgan fingerprint density at radius 3 is 2.86 bits per heavy atom.